The van der Waals surface area contributed by atoms with Crippen LogP contribution in [0.5, 0.6) is 0 Å². The summed E-state index contributed by atoms with van der Waals surface area (Å²) in [6, 6.07) is 10.5. The molecule has 0 atom stereocenters. The number of rotatable bonds is 6. The van der Waals surface area contributed by atoms with Crippen molar-refractivity contribution in [3.63, 3.8) is 0 Å². The Morgan fingerprint density at radius 1 is 1.16 bits per heavy atom. The van der Waals surface area contributed by atoms with Crippen LogP contribution in [0.15, 0.2) is 40.8 Å². The third kappa shape index (κ3) is 3.88. The first kappa shape index (κ1) is 16.8. The van der Waals surface area contributed by atoms with E-state index >= 15 is 0 Å². The van der Waals surface area contributed by atoms with Gasteiger partial charge in [-0.15, -0.1) is 0 Å². The summed E-state index contributed by atoms with van der Waals surface area (Å²) in [5.41, 5.74) is 1.97. The van der Waals surface area contributed by atoms with Gasteiger partial charge in [-0.25, -0.2) is 4.79 Å². The largest absolute Gasteiger partial charge is 0.475 e. The maximum Gasteiger partial charge on any atom is 0.371 e. The van der Waals surface area contributed by atoms with Gasteiger partial charge in [0.2, 0.25) is 17.6 Å². The van der Waals surface area contributed by atoms with E-state index in [1.807, 2.05) is 24.3 Å². The van der Waals surface area contributed by atoms with E-state index in [2.05, 4.69) is 5.32 Å². The monoisotopic (exact) mass is 342 g/mol. The van der Waals surface area contributed by atoms with Crippen LogP contribution in [-0.2, 0) is 22.6 Å². The summed E-state index contributed by atoms with van der Waals surface area (Å²) in [5, 5.41) is 11.5. The molecule has 0 bridgehead atoms. The minimum Gasteiger partial charge on any atom is -0.475 e. The average molecular weight is 342 g/mol. The highest BCUT2D eigenvalue weighted by molar-refractivity contribution is 5.97. The van der Waals surface area contributed by atoms with Crippen LogP contribution < -0.4 is 10.2 Å². The van der Waals surface area contributed by atoms with E-state index in [0.29, 0.717) is 18.7 Å². The number of benzene rings is 1. The van der Waals surface area contributed by atoms with Crippen molar-refractivity contribution in [2.24, 2.45) is 0 Å². The Morgan fingerprint density at radius 2 is 1.96 bits per heavy atom. The number of anilines is 1. The van der Waals surface area contributed by atoms with Crippen molar-refractivity contribution in [3.05, 3.63) is 53.5 Å². The predicted octanol–water partition coefficient (Wildman–Crippen LogP) is 1.96. The Hall–Kier alpha value is -3.09. The number of carbonyl (C=O) groups excluding carboxylic acids is 2. The Bertz CT molecular complexity index is 811. The summed E-state index contributed by atoms with van der Waals surface area (Å²) in [6.45, 7) is 0.414. The molecule has 1 aromatic carbocycles. The van der Waals surface area contributed by atoms with E-state index in [1.54, 1.807) is 4.90 Å². The van der Waals surface area contributed by atoms with Crippen LogP contribution in [0.25, 0.3) is 0 Å². The second-order valence-electron chi connectivity index (χ2n) is 5.77. The van der Waals surface area contributed by atoms with Crippen molar-refractivity contribution < 1.29 is 23.9 Å². The lowest BCUT2D eigenvalue weighted by Crippen LogP contribution is -2.38. The van der Waals surface area contributed by atoms with E-state index in [9.17, 15) is 14.4 Å². The van der Waals surface area contributed by atoms with Gasteiger partial charge in [-0.1, -0.05) is 18.2 Å². The molecule has 0 saturated heterocycles. The second kappa shape index (κ2) is 7.21. The zero-order chi connectivity index (χ0) is 17.8. The lowest BCUT2D eigenvalue weighted by Gasteiger charge is -2.29. The predicted molar refractivity (Wildman–Crippen MR) is 89.2 cm³/mol. The molecule has 7 nitrogen and oxygen atoms in total. The van der Waals surface area contributed by atoms with E-state index in [-0.39, 0.29) is 30.5 Å². The molecular weight excluding hydrogens is 324 g/mol. The molecule has 0 radical (unpaired) electrons. The molecule has 1 aliphatic rings. The number of aromatic carboxylic acids is 1. The average Bonchev–Trinajstić information content (AvgIpc) is 3.08. The molecule has 2 heterocycles. The number of nitrogens with one attached hydrogen (secondary N) is 1. The van der Waals surface area contributed by atoms with Crippen molar-refractivity contribution in [2.75, 3.05) is 11.4 Å². The van der Waals surface area contributed by atoms with Gasteiger partial charge in [0.05, 0.1) is 6.54 Å². The molecule has 1 aliphatic heterocycles. The van der Waals surface area contributed by atoms with Crippen LogP contribution in [0.1, 0.15) is 34.7 Å². The molecule has 0 unspecified atom stereocenters. The van der Waals surface area contributed by atoms with Crippen LogP contribution >= 0.6 is 0 Å². The Kier molecular flexibility index (Phi) is 4.83. The molecule has 3 rings (SSSR count). The van der Waals surface area contributed by atoms with Crippen LogP contribution in [0.2, 0.25) is 0 Å². The number of hydrogen-bond acceptors (Lipinski definition) is 4. The lowest BCUT2D eigenvalue weighted by molar-refractivity contribution is -0.121. The second-order valence-corrected chi connectivity index (χ2v) is 5.77. The molecular formula is C18H18N2O5. The normalized spacial score (nSPS) is 13.4. The molecule has 0 fully saturated rings. The Balaban J connectivity index is 1.53. The zero-order valence-electron chi connectivity index (χ0n) is 13.5. The number of aryl methyl sites for hydroxylation is 1. The molecule has 7 heteroatoms. The van der Waals surface area contributed by atoms with Crippen LogP contribution in [0, 0.1) is 0 Å². The highest BCUT2D eigenvalue weighted by Crippen LogP contribution is 2.27. The smallest absolute Gasteiger partial charge is 0.371 e. The number of hydrogen-bond donors (Lipinski definition) is 2. The number of nitrogens with zero attached hydrogens (tertiary/aromatic N) is 1. The van der Waals surface area contributed by atoms with E-state index in [0.717, 1.165) is 17.7 Å². The van der Waals surface area contributed by atoms with E-state index < -0.39 is 5.97 Å². The Morgan fingerprint density at radius 3 is 2.72 bits per heavy atom. The maximum absolute atomic E-state index is 12.1. The van der Waals surface area contributed by atoms with Gasteiger partial charge in [0.15, 0.2) is 0 Å². The standard InChI is InChI=1S/C18H18N2O5/c21-16(19-11-13-6-7-15(25-13)18(23)24)9-10-20-14-4-2-1-3-12(14)5-8-17(20)22/h1-4,6-7H,5,8-11H2,(H,19,21)(H,23,24). The molecule has 0 saturated carbocycles. The lowest BCUT2D eigenvalue weighted by atomic mass is 10.0. The van der Waals surface area contributed by atoms with Crippen molar-refractivity contribution >= 4 is 23.5 Å². The quantitative estimate of drug-likeness (QED) is 0.836. The van der Waals surface area contributed by atoms with Gasteiger partial charge in [-0.2, -0.15) is 0 Å². The SMILES string of the molecule is O=C(CCN1C(=O)CCc2ccccc21)NCc1ccc(C(=O)O)o1. The maximum atomic E-state index is 12.1. The summed E-state index contributed by atoms with van der Waals surface area (Å²) >= 11 is 0. The van der Waals surface area contributed by atoms with Gasteiger partial charge in [0, 0.05) is 25.1 Å². The topological polar surface area (TPSA) is 99.9 Å². The third-order valence-electron chi connectivity index (χ3n) is 4.09. The fourth-order valence-electron chi connectivity index (χ4n) is 2.82. The first-order valence-electron chi connectivity index (χ1n) is 8.01. The summed E-state index contributed by atoms with van der Waals surface area (Å²) in [7, 11) is 0. The first-order valence-corrected chi connectivity index (χ1v) is 8.01. The zero-order valence-corrected chi connectivity index (χ0v) is 13.5. The minimum atomic E-state index is -1.15. The fraction of sp³-hybridized carbons (Fsp3) is 0.278. The van der Waals surface area contributed by atoms with E-state index in [4.69, 9.17) is 9.52 Å². The molecule has 2 amide bonds. The van der Waals surface area contributed by atoms with Gasteiger partial charge in [0.1, 0.15) is 5.76 Å². The molecule has 25 heavy (non-hydrogen) atoms. The molecule has 130 valence electrons. The third-order valence-corrected chi connectivity index (χ3v) is 4.09. The number of carbonyl (C=O) groups is 3. The summed E-state index contributed by atoms with van der Waals surface area (Å²) in [4.78, 5) is 36.5. The van der Waals surface area contributed by atoms with Gasteiger partial charge in [-0.3, -0.25) is 9.59 Å². The highest BCUT2D eigenvalue weighted by atomic mass is 16.4. The first-order chi connectivity index (χ1) is 12.0. The molecule has 1 aromatic heterocycles. The van der Waals surface area contributed by atoms with Crippen LogP contribution in [-0.4, -0.2) is 29.4 Å². The highest BCUT2D eigenvalue weighted by Gasteiger charge is 2.24. The summed E-state index contributed by atoms with van der Waals surface area (Å²) in [6.07, 6.45) is 1.33. The Labute approximate surface area is 144 Å². The molecule has 2 aromatic rings. The molecule has 0 spiro atoms. The van der Waals surface area contributed by atoms with Gasteiger partial charge < -0.3 is 19.7 Å². The van der Waals surface area contributed by atoms with Crippen molar-refractivity contribution in [2.45, 2.75) is 25.8 Å². The van der Waals surface area contributed by atoms with Gasteiger partial charge in [0.25, 0.3) is 0 Å². The van der Waals surface area contributed by atoms with Gasteiger partial charge in [-0.05, 0) is 30.2 Å². The number of amides is 2. The molecule has 2 N–H and O–H groups in total. The fourth-order valence-corrected chi connectivity index (χ4v) is 2.82. The number of carboxylic acid groups (broad SMARTS) is 1. The summed E-state index contributed by atoms with van der Waals surface area (Å²) < 4.78 is 5.07. The summed E-state index contributed by atoms with van der Waals surface area (Å²) in [5.74, 6) is -1.17. The van der Waals surface area contributed by atoms with Crippen molar-refractivity contribution in [1.29, 1.82) is 0 Å². The number of fused-ring (bicyclic) bond motifs is 1. The van der Waals surface area contributed by atoms with Crippen molar-refractivity contribution in [1.82, 2.24) is 5.32 Å². The number of para-hydroxylation sites is 1. The number of carboxylic acids is 1. The van der Waals surface area contributed by atoms with Crippen LogP contribution in [0.3, 0.4) is 0 Å². The van der Waals surface area contributed by atoms with E-state index in [1.165, 1.54) is 12.1 Å². The number of furan rings is 1. The molecule has 0 aliphatic carbocycles. The van der Waals surface area contributed by atoms with Crippen LogP contribution in [0.4, 0.5) is 5.69 Å². The van der Waals surface area contributed by atoms with Crippen molar-refractivity contribution in [3.8, 4) is 0 Å². The van der Waals surface area contributed by atoms with Gasteiger partial charge >= 0.3 is 5.97 Å². The minimum absolute atomic E-state index is 0.0173.